The van der Waals surface area contributed by atoms with Crippen molar-refractivity contribution in [3.8, 4) is 5.75 Å². The topological polar surface area (TPSA) is 38.3 Å². The summed E-state index contributed by atoms with van der Waals surface area (Å²) in [6, 6.07) is 25.7. The Kier molecular flexibility index (Phi) is 6.50. The van der Waals surface area contributed by atoms with Crippen LogP contribution in [0.1, 0.15) is 37.5 Å². The van der Waals surface area contributed by atoms with Crippen LogP contribution in [0.25, 0.3) is 6.08 Å². The van der Waals surface area contributed by atoms with E-state index in [0.717, 1.165) is 22.6 Å². The Morgan fingerprint density at radius 2 is 1.55 bits per heavy atom. The molecule has 0 radical (unpaired) electrons. The van der Waals surface area contributed by atoms with Crippen LogP contribution in [-0.4, -0.2) is 5.91 Å². The van der Waals surface area contributed by atoms with Gasteiger partial charge in [0.25, 0.3) is 0 Å². The van der Waals surface area contributed by atoms with E-state index in [4.69, 9.17) is 4.74 Å². The van der Waals surface area contributed by atoms with Gasteiger partial charge < -0.3 is 10.1 Å². The van der Waals surface area contributed by atoms with Crippen molar-refractivity contribution in [2.75, 3.05) is 5.32 Å². The molecule has 0 bridgehead atoms. The highest BCUT2D eigenvalue weighted by molar-refractivity contribution is 6.01. The van der Waals surface area contributed by atoms with E-state index in [1.807, 2.05) is 72.8 Å². The number of hydrogen-bond acceptors (Lipinski definition) is 2. The van der Waals surface area contributed by atoms with E-state index in [2.05, 4.69) is 38.2 Å². The highest BCUT2D eigenvalue weighted by Gasteiger charge is 2.12. The van der Waals surface area contributed by atoms with Gasteiger partial charge in [-0.2, -0.15) is 0 Å². The van der Waals surface area contributed by atoms with Crippen LogP contribution in [0, 0.1) is 0 Å². The third-order valence-electron chi connectivity index (χ3n) is 4.57. The van der Waals surface area contributed by atoms with Crippen LogP contribution in [0.15, 0.2) is 84.9 Å². The standard InChI is InChI=1S/C26H27NO2/c1-26(2,3)22-12-9-20(10-13-22)11-18-25(28)27-23-14-16-24(17-15-23)29-19-21-7-5-4-6-8-21/h4-18H,19H2,1-3H3,(H,27,28)/b18-11+. The minimum Gasteiger partial charge on any atom is -0.489 e. The molecule has 0 aliphatic carbocycles. The summed E-state index contributed by atoms with van der Waals surface area (Å²) in [5, 5.41) is 2.87. The highest BCUT2D eigenvalue weighted by Crippen LogP contribution is 2.22. The van der Waals surface area contributed by atoms with Crippen LogP contribution in [-0.2, 0) is 16.8 Å². The van der Waals surface area contributed by atoms with Gasteiger partial charge in [-0.25, -0.2) is 0 Å². The molecule has 3 rings (SSSR count). The van der Waals surface area contributed by atoms with E-state index >= 15 is 0 Å². The molecule has 0 aliphatic heterocycles. The maximum Gasteiger partial charge on any atom is 0.248 e. The molecule has 1 amide bonds. The smallest absolute Gasteiger partial charge is 0.248 e. The lowest BCUT2D eigenvalue weighted by Gasteiger charge is -2.18. The molecular formula is C26H27NO2. The van der Waals surface area contributed by atoms with Gasteiger partial charge in [-0.3, -0.25) is 4.79 Å². The van der Waals surface area contributed by atoms with Crippen LogP contribution in [0.3, 0.4) is 0 Å². The Bertz CT molecular complexity index is 950. The zero-order valence-corrected chi connectivity index (χ0v) is 17.2. The fourth-order valence-corrected chi connectivity index (χ4v) is 2.83. The van der Waals surface area contributed by atoms with Crippen LogP contribution < -0.4 is 10.1 Å². The molecule has 0 spiro atoms. The molecule has 0 aromatic heterocycles. The largest absolute Gasteiger partial charge is 0.489 e. The van der Waals surface area contributed by atoms with Crippen molar-refractivity contribution in [2.24, 2.45) is 0 Å². The number of hydrogen-bond donors (Lipinski definition) is 1. The SMILES string of the molecule is CC(C)(C)c1ccc(/C=C/C(=O)Nc2ccc(OCc3ccccc3)cc2)cc1. The molecule has 0 saturated carbocycles. The Hall–Kier alpha value is -3.33. The van der Waals surface area contributed by atoms with Gasteiger partial charge >= 0.3 is 0 Å². The number of amides is 1. The number of carbonyl (C=O) groups is 1. The summed E-state index contributed by atoms with van der Waals surface area (Å²) in [7, 11) is 0. The van der Waals surface area contributed by atoms with E-state index in [0.29, 0.717) is 6.61 Å². The third kappa shape index (κ3) is 6.35. The average Bonchev–Trinajstić information content (AvgIpc) is 2.72. The fraction of sp³-hybridized carbons (Fsp3) is 0.192. The first-order chi connectivity index (χ1) is 13.9. The second kappa shape index (κ2) is 9.24. The van der Waals surface area contributed by atoms with Gasteiger partial charge in [-0.15, -0.1) is 0 Å². The zero-order chi connectivity index (χ0) is 20.7. The Morgan fingerprint density at radius 3 is 2.17 bits per heavy atom. The molecule has 0 unspecified atom stereocenters. The number of anilines is 1. The molecule has 0 heterocycles. The van der Waals surface area contributed by atoms with Gasteiger partial charge in [0.1, 0.15) is 12.4 Å². The van der Waals surface area contributed by atoms with E-state index in [-0.39, 0.29) is 11.3 Å². The summed E-state index contributed by atoms with van der Waals surface area (Å²) in [5.74, 6) is 0.601. The lowest BCUT2D eigenvalue weighted by molar-refractivity contribution is -0.111. The van der Waals surface area contributed by atoms with Crippen molar-refractivity contribution in [3.63, 3.8) is 0 Å². The van der Waals surface area contributed by atoms with Gasteiger partial charge in [0.05, 0.1) is 0 Å². The van der Waals surface area contributed by atoms with Crippen LogP contribution in [0.2, 0.25) is 0 Å². The minimum absolute atomic E-state index is 0.122. The van der Waals surface area contributed by atoms with Gasteiger partial charge in [-0.05, 0) is 52.4 Å². The summed E-state index contributed by atoms with van der Waals surface area (Å²) in [5.41, 5.74) is 4.24. The summed E-state index contributed by atoms with van der Waals surface area (Å²) >= 11 is 0. The second-order valence-corrected chi connectivity index (χ2v) is 7.99. The molecule has 3 heteroatoms. The van der Waals surface area contributed by atoms with Crippen LogP contribution >= 0.6 is 0 Å². The van der Waals surface area contributed by atoms with E-state index < -0.39 is 0 Å². The van der Waals surface area contributed by atoms with Crippen molar-refractivity contribution in [3.05, 3.63) is 102 Å². The van der Waals surface area contributed by atoms with Gasteiger partial charge in [-0.1, -0.05) is 75.4 Å². The average molecular weight is 386 g/mol. The minimum atomic E-state index is -0.164. The van der Waals surface area contributed by atoms with Crippen molar-refractivity contribution in [1.29, 1.82) is 0 Å². The Labute approximate surface area is 173 Å². The number of nitrogens with one attached hydrogen (secondary N) is 1. The Balaban J connectivity index is 1.51. The molecule has 1 N–H and O–H groups in total. The monoisotopic (exact) mass is 385 g/mol. The molecule has 0 saturated heterocycles. The molecule has 0 atom stereocenters. The maximum atomic E-state index is 12.2. The Morgan fingerprint density at radius 1 is 0.897 bits per heavy atom. The molecule has 3 aromatic rings. The first kappa shape index (κ1) is 20.4. The molecule has 0 aliphatic rings. The number of carbonyl (C=O) groups excluding carboxylic acids is 1. The van der Waals surface area contributed by atoms with Crippen LogP contribution in [0.4, 0.5) is 5.69 Å². The summed E-state index contributed by atoms with van der Waals surface area (Å²) in [4.78, 5) is 12.2. The van der Waals surface area contributed by atoms with Crippen molar-refractivity contribution < 1.29 is 9.53 Å². The first-order valence-electron chi connectivity index (χ1n) is 9.76. The third-order valence-corrected chi connectivity index (χ3v) is 4.57. The van der Waals surface area contributed by atoms with Crippen LogP contribution in [0.5, 0.6) is 5.75 Å². The van der Waals surface area contributed by atoms with Gasteiger partial charge in [0, 0.05) is 11.8 Å². The number of benzene rings is 3. The van der Waals surface area contributed by atoms with Gasteiger partial charge in [0.15, 0.2) is 0 Å². The van der Waals surface area contributed by atoms with E-state index in [9.17, 15) is 4.79 Å². The summed E-state index contributed by atoms with van der Waals surface area (Å²) < 4.78 is 5.76. The van der Waals surface area contributed by atoms with E-state index in [1.165, 1.54) is 5.56 Å². The first-order valence-corrected chi connectivity index (χ1v) is 9.76. The lowest BCUT2D eigenvalue weighted by Crippen LogP contribution is -2.10. The molecule has 148 valence electrons. The predicted octanol–water partition coefficient (Wildman–Crippen LogP) is 6.22. The molecular weight excluding hydrogens is 358 g/mol. The zero-order valence-electron chi connectivity index (χ0n) is 17.2. The second-order valence-electron chi connectivity index (χ2n) is 7.99. The summed E-state index contributed by atoms with van der Waals surface area (Å²) in [6.45, 7) is 7.07. The van der Waals surface area contributed by atoms with Crippen molar-refractivity contribution in [2.45, 2.75) is 32.8 Å². The lowest BCUT2D eigenvalue weighted by atomic mass is 9.87. The normalized spacial score (nSPS) is 11.4. The number of rotatable bonds is 6. The molecule has 3 aromatic carbocycles. The molecule has 3 nitrogen and oxygen atoms in total. The van der Waals surface area contributed by atoms with Crippen molar-refractivity contribution in [1.82, 2.24) is 0 Å². The van der Waals surface area contributed by atoms with E-state index in [1.54, 1.807) is 6.08 Å². The number of ether oxygens (including phenoxy) is 1. The van der Waals surface area contributed by atoms with Crippen molar-refractivity contribution >= 4 is 17.7 Å². The maximum absolute atomic E-state index is 12.2. The predicted molar refractivity (Wildman–Crippen MR) is 120 cm³/mol. The molecule has 29 heavy (non-hydrogen) atoms. The fourth-order valence-electron chi connectivity index (χ4n) is 2.83. The summed E-state index contributed by atoms with van der Waals surface area (Å²) in [6.07, 6.45) is 3.37. The highest BCUT2D eigenvalue weighted by atomic mass is 16.5. The quantitative estimate of drug-likeness (QED) is 0.512. The van der Waals surface area contributed by atoms with Gasteiger partial charge in [0.2, 0.25) is 5.91 Å². The molecule has 0 fully saturated rings.